The minimum Gasteiger partial charge on any atom is -0.426 e. The monoisotopic (exact) mass is 270 g/mol. The second-order valence-corrected chi connectivity index (χ2v) is 4.60. The Morgan fingerprint density at radius 3 is 2.15 bits per heavy atom. The number of carbonyl (C=O) groups is 1. The highest BCUT2D eigenvalue weighted by atomic mass is 16.5. The Bertz CT molecular complexity index is 537. The van der Waals surface area contributed by atoms with Gasteiger partial charge < -0.3 is 9.84 Å². The molecule has 2 unspecified atom stereocenters. The first kappa shape index (κ1) is 14.3. The molecule has 0 heterocycles. The van der Waals surface area contributed by atoms with Crippen LogP contribution in [0.3, 0.4) is 0 Å². The minimum absolute atomic E-state index is 0.407. The number of aliphatic hydroxyl groups excluding tert-OH is 1. The Hall–Kier alpha value is -2.13. The van der Waals surface area contributed by atoms with Crippen molar-refractivity contribution in [3.05, 3.63) is 66.2 Å². The van der Waals surface area contributed by atoms with E-state index in [0.29, 0.717) is 12.2 Å². The van der Waals surface area contributed by atoms with Gasteiger partial charge in [0.25, 0.3) is 0 Å². The molecule has 0 aromatic heterocycles. The summed E-state index contributed by atoms with van der Waals surface area (Å²) in [5, 5.41) is 10.3. The zero-order valence-electron chi connectivity index (χ0n) is 11.4. The fourth-order valence-electron chi connectivity index (χ4n) is 2.08. The Kier molecular flexibility index (Phi) is 4.91. The summed E-state index contributed by atoms with van der Waals surface area (Å²) in [5.74, 6) is -0.483. The van der Waals surface area contributed by atoms with Crippen LogP contribution < -0.4 is 4.74 Å². The first-order valence-corrected chi connectivity index (χ1v) is 6.72. The van der Waals surface area contributed by atoms with Crippen LogP contribution in [0.4, 0.5) is 0 Å². The van der Waals surface area contributed by atoms with Crippen molar-refractivity contribution in [2.75, 3.05) is 0 Å². The average molecular weight is 270 g/mol. The molecule has 0 amide bonds. The van der Waals surface area contributed by atoms with E-state index in [9.17, 15) is 9.90 Å². The first-order chi connectivity index (χ1) is 9.72. The number of benzene rings is 2. The molecule has 0 saturated carbocycles. The van der Waals surface area contributed by atoms with Gasteiger partial charge in [-0.25, -0.2) is 0 Å². The van der Waals surface area contributed by atoms with Crippen LogP contribution in [0, 0.1) is 5.92 Å². The second-order valence-electron chi connectivity index (χ2n) is 4.60. The predicted octanol–water partition coefficient (Wildman–Crippen LogP) is 3.35. The molecular formula is C17H18O3. The highest BCUT2D eigenvalue weighted by Gasteiger charge is 2.28. The molecule has 0 bridgehead atoms. The van der Waals surface area contributed by atoms with E-state index >= 15 is 0 Å². The largest absolute Gasteiger partial charge is 0.426 e. The molecule has 104 valence electrons. The SMILES string of the molecule is CCC(C(=O)Oc1ccccc1)C(O)c1ccccc1. The quantitative estimate of drug-likeness (QED) is 0.669. The van der Waals surface area contributed by atoms with E-state index in [0.717, 1.165) is 5.56 Å². The molecule has 2 aromatic carbocycles. The third-order valence-electron chi connectivity index (χ3n) is 3.23. The molecule has 0 saturated heterocycles. The Balaban J connectivity index is 2.10. The molecule has 0 aliphatic carbocycles. The minimum atomic E-state index is -0.850. The van der Waals surface area contributed by atoms with Crippen molar-refractivity contribution >= 4 is 5.97 Å². The van der Waals surface area contributed by atoms with Gasteiger partial charge in [0.1, 0.15) is 5.75 Å². The van der Waals surface area contributed by atoms with E-state index in [1.54, 1.807) is 24.3 Å². The Morgan fingerprint density at radius 2 is 1.60 bits per heavy atom. The first-order valence-electron chi connectivity index (χ1n) is 6.72. The number of aliphatic hydroxyl groups is 1. The fourth-order valence-corrected chi connectivity index (χ4v) is 2.08. The van der Waals surface area contributed by atoms with E-state index in [4.69, 9.17) is 4.74 Å². The van der Waals surface area contributed by atoms with Crippen LogP contribution in [-0.4, -0.2) is 11.1 Å². The van der Waals surface area contributed by atoms with Crippen molar-refractivity contribution in [3.63, 3.8) is 0 Å². The number of hydrogen-bond acceptors (Lipinski definition) is 3. The molecule has 3 nitrogen and oxygen atoms in total. The lowest BCUT2D eigenvalue weighted by Crippen LogP contribution is -2.26. The molecule has 2 aromatic rings. The van der Waals surface area contributed by atoms with Crippen molar-refractivity contribution in [1.82, 2.24) is 0 Å². The molecule has 20 heavy (non-hydrogen) atoms. The van der Waals surface area contributed by atoms with Crippen molar-refractivity contribution in [2.45, 2.75) is 19.4 Å². The van der Waals surface area contributed by atoms with Crippen LogP contribution in [0.1, 0.15) is 25.0 Å². The van der Waals surface area contributed by atoms with Gasteiger partial charge in [0.05, 0.1) is 12.0 Å². The molecule has 0 radical (unpaired) electrons. The van der Waals surface area contributed by atoms with Gasteiger partial charge in [0.15, 0.2) is 0 Å². The van der Waals surface area contributed by atoms with E-state index in [1.807, 2.05) is 43.3 Å². The van der Waals surface area contributed by atoms with Crippen molar-refractivity contribution in [1.29, 1.82) is 0 Å². The zero-order chi connectivity index (χ0) is 14.4. The van der Waals surface area contributed by atoms with Crippen LogP contribution in [0.25, 0.3) is 0 Å². The van der Waals surface area contributed by atoms with Gasteiger partial charge >= 0.3 is 5.97 Å². The smallest absolute Gasteiger partial charge is 0.317 e. The molecule has 0 aliphatic rings. The molecule has 0 aliphatic heterocycles. The van der Waals surface area contributed by atoms with Gasteiger partial charge in [0.2, 0.25) is 0 Å². The molecule has 0 fully saturated rings. The number of ether oxygens (including phenoxy) is 1. The van der Waals surface area contributed by atoms with E-state index < -0.39 is 18.0 Å². The van der Waals surface area contributed by atoms with E-state index in [1.165, 1.54) is 0 Å². The van der Waals surface area contributed by atoms with Crippen LogP contribution in [0.5, 0.6) is 5.75 Å². The highest BCUT2D eigenvalue weighted by molar-refractivity contribution is 5.76. The number of carbonyl (C=O) groups excluding carboxylic acids is 1. The van der Waals surface area contributed by atoms with Crippen LogP contribution in [-0.2, 0) is 4.79 Å². The second kappa shape index (κ2) is 6.87. The van der Waals surface area contributed by atoms with Crippen molar-refractivity contribution < 1.29 is 14.6 Å². The number of esters is 1. The maximum Gasteiger partial charge on any atom is 0.317 e. The van der Waals surface area contributed by atoms with Gasteiger partial charge in [-0.15, -0.1) is 0 Å². The topological polar surface area (TPSA) is 46.5 Å². The maximum absolute atomic E-state index is 12.2. The summed E-state index contributed by atoms with van der Waals surface area (Å²) >= 11 is 0. The summed E-state index contributed by atoms with van der Waals surface area (Å²) in [7, 11) is 0. The van der Waals surface area contributed by atoms with Gasteiger partial charge in [-0.3, -0.25) is 4.79 Å². The Morgan fingerprint density at radius 1 is 1.05 bits per heavy atom. The zero-order valence-corrected chi connectivity index (χ0v) is 11.4. The lowest BCUT2D eigenvalue weighted by Gasteiger charge is -2.20. The lowest BCUT2D eigenvalue weighted by molar-refractivity contribution is -0.143. The summed E-state index contributed by atoms with van der Waals surface area (Å²) < 4.78 is 5.31. The predicted molar refractivity (Wildman–Crippen MR) is 77.3 cm³/mol. The maximum atomic E-state index is 12.2. The van der Waals surface area contributed by atoms with Crippen LogP contribution in [0.2, 0.25) is 0 Å². The highest BCUT2D eigenvalue weighted by Crippen LogP contribution is 2.26. The Labute approximate surface area is 118 Å². The van der Waals surface area contributed by atoms with Crippen LogP contribution >= 0.6 is 0 Å². The molecule has 1 N–H and O–H groups in total. The molecular weight excluding hydrogens is 252 g/mol. The van der Waals surface area contributed by atoms with Crippen LogP contribution in [0.15, 0.2) is 60.7 Å². The molecule has 2 rings (SSSR count). The standard InChI is InChI=1S/C17H18O3/c1-2-15(16(18)13-9-5-3-6-10-13)17(19)20-14-11-7-4-8-12-14/h3-12,15-16,18H,2H2,1H3. The van der Waals surface area contributed by atoms with E-state index in [2.05, 4.69) is 0 Å². The fraction of sp³-hybridized carbons (Fsp3) is 0.235. The molecule has 2 atom stereocenters. The normalized spacial score (nSPS) is 13.5. The van der Waals surface area contributed by atoms with E-state index in [-0.39, 0.29) is 0 Å². The third kappa shape index (κ3) is 3.45. The van der Waals surface area contributed by atoms with Crippen molar-refractivity contribution in [3.8, 4) is 5.75 Å². The third-order valence-corrected chi connectivity index (χ3v) is 3.23. The number of rotatable bonds is 5. The van der Waals surface area contributed by atoms with Gasteiger partial charge in [-0.2, -0.15) is 0 Å². The number of para-hydroxylation sites is 1. The van der Waals surface area contributed by atoms with Crippen molar-refractivity contribution in [2.24, 2.45) is 5.92 Å². The summed E-state index contributed by atoms with van der Waals surface area (Å²) in [5.41, 5.74) is 0.726. The average Bonchev–Trinajstić information content (AvgIpc) is 2.49. The summed E-state index contributed by atoms with van der Waals surface area (Å²) in [4.78, 5) is 12.2. The van der Waals surface area contributed by atoms with Gasteiger partial charge in [-0.1, -0.05) is 55.5 Å². The molecule has 3 heteroatoms. The van der Waals surface area contributed by atoms with Gasteiger partial charge in [-0.05, 0) is 24.1 Å². The lowest BCUT2D eigenvalue weighted by atomic mass is 9.93. The molecule has 0 spiro atoms. The summed E-state index contributed by atoms with van der Waals surface area (Å²) in [6, 6.07) is 18.1. The van der Waals surface area contributed by atoms with Gasteiger partial charge in [0, 0.05) is 0 Å². The summed E-state index contributed by atoms with van der Waals surface area (Å²) in [6.07, 6.45) is -0.334. The number of hydrogen-bond donors (Lipinski definition) is 1. The summed E-state index contributed by atoms with van der Waals surface area (Å²) in [6.45, 7) is 1.86.